The smallest absolute Gasteiger partial charge is 0.229 e. The van der Waals surface area contributed by atoms with Gasteiger partial charge >= 0.3 is 0 Å². The topological polar surface area (TPSA) is 42.0 Å². The van der Waals surface area contributed by atoms with Crippen molar-refractivity contribution in [3.63, 3.8) is 0 Å². The molecular weight excluding hydrogens is 364 g/mol. The Morgan fingerprint density at radius 1 is 0.964 bits per heavy atom. The summed E-state index contributed by atoms with van der Waals surface area (Å²) in [7, 11) is 0. The average molecular weight is 389 g/mol. The minimum absolute atomic E-state index is 0.0427. The molecule has 1 aromatic heterocycles. The predicted octanol–water partition coefficient (Wildman–Crippen LogP) is 5.96. The molecule has 1 aliphatic carbocycles. The number of hydrogen-bond donors (Lipinski definition) is 1. The van der Waals surface area contributed by atoms with E-state index in [2.05, 4.69) is 52.8 Å². The Labute approximate surface area is 170 Å². The van der Waals surface area contributed by atoms with E-state index in [1.54, 1.807) is 6.20 Å². The van der Waals surface area contributed by atoms with Gasteiger partial charge in [0.15, 0.2) is 0 Å². The van der Waals surface area contributed by atoms with Crippen molar-refractivity contribution in [3.8, 4) is 11.1 Å². The number of rotatable bonds is 6. The number of thioether (sulfide) groups is 1. The molecule has 1 N–H and O–H groups in total. The van der Waals surface area contributed by atoms with Crippen LogP contribution in [0.4, 0.5) is 5.82 Å². The molecule has 4 rings (SSSR count). The average Bonchev–Trinajstić information content (AvgIpc) is 3.23. The summed E-state index contributed by atoms with van der Waals surface area (Å²) in [6.07, 6.45) is 7.23. The molecule has 2 aromatic carbocycles. The number of anilines is 1. The number of carbonyl (C=O) groups excluding carboxylic acids is 1. The van der Waals surface area contributed by atoms with Crippen LogP contribution in [0.15, 0.2) is 77.8 Å². The fraction of sp³-hybridized carbons (Fsp3) is 0.250. The summed E-state index contributed by atoms with van der Waals surface area (Å²) in [5, 5.41) is 3.59. The van der Waals surface area contributed by atoms with Crippen molar-refractivity contribution in [3.05, 3.63) is 78.5 Å². The van der Waals surface area contributed by atoms with Gasteiger partial charge in [0.25, 0.3) is 0 Å². The third-order valence-corrected chi connectivity index (χ3v) is 6.45. The monoisotopic (exact) mass is 388 g/mol. The minimum Gasteiger partial charge on any atom is -0.310 e. The maximum absolute atomic E-state index is 12.7. The molecule has 4 heteroatoms. The number of nitrogens with zero attached hydrogens (tertiary/aromatic N) is 1. The van der Waals surface area contributed by atoms with Gasteiger partial charge in [-0.2, -0.15) is 0 Å². The van der Waals surface area contributed by atoms with Crippen molar-refractivity contribution in [2.75, 3.05) is 5.32 Å². The van der Waals surface area contributed by atoms with Crippen LogP contribution in [-0.2, 0) is 11.2 Å². The van der Waals surface area contributed by atoms with E-state index in [0.29, 0.717) is 17.5 Å². The van der Waals surface area contributed by atoms with Gasteiger partial charge in [-0.05, 0) is 47.7 Å². The molecule has 0 aliphatic heterocycles. The summed E-state index contributed by atoms with van der Waals surface area (Å²) in [4.78, 5) is 18.1. The van der Waals surface area contributed by atoms with Gasteiger partial charge in [0, 0.05) is 16.3 Å². The SMILES string of the molecule is O=C(Cc1cccc(SC2CCCC2)c1-c1ccccc1)Nc1ccccn1. The summed E-state index contributed by atoms with van der Waals surface area (Å²) in [5.74, 6) is 0.546. The molecule has 1 amide bonds. The number of amides is 1. The minimum atomic E-state index is -0.0427. The predicted molar refractivity (Wildman–Crippen MR) is 117 cm³/mol. The van der Waals surface area contributed by atoms with Gasteiger partial charge in [0.05, 0.1) is 6.42 Å². The third-order valence-electron chi connectivity index (χ3n) is 5.05. The molecule has 0 atom stereocenters. The first-order valence-corrected chi connectivity index (χ1v) is 10.7. The number of aromatic nitrogens is 1. The maximum atomic E-state index is 12.7. The zero-order chi connectivity index (χ0) is 19.2. The molecule has 1 aliphatic rings. The Balaban J connectivity index is 1.63. The Morgan fingerprint density at radius 3 is 2.50 bits per heavy atom. The molecule has 142 valence electrons. The van der Waals surface area contributed by atoms with E-state index in [0.717, 1.165) is 5.56 Å². The first kappa shape index (κ1) is 18.8. The van der Waals surface area contributed by atoms with Crippen molar-refractivity contribution in [1.82, 2.24) is 4.98 Å². The van der Waals surface area contributed by atoms with Gasteiger partial charge < -0.3 is 5.32 Å². The highest BCUT2D eigenvalue weighted by molar-refractivity contribution is 8.00. The molecule has 0 radical (unpaired) electrons. The van der Waals surface area contributed by atoms with Crippen LogP contribution in [0.1, 0.15) is 31.2 Å². The van der Waals surface area contributed by atoms with E-state index in [9.17, 15) is 4.79 Å². The lowest BCUT2D eigenvalue weighted by atomic mass is 9.97. The van der Waals surface area contributed by atoms with Crippen molar-refractivity contribution in [2.45, 2.75) is 42.2 Å². The molecule has 28 heavy (non-hydrogen) atoms. The van der Waals surface area contributed by atoms with Crippen molar-refractivity contribution >= 4 is 23.5 Å². The Hall–Kier alpha value is -2.59. The third kappa shape index (κ3) is 4.63. The summed E-state index contributed by atoms with van der Waals surface area (Å²) < 4.78 is 0. The molecule has 0 unspecified atom stereocenters. The number of pyridine rings is 1. The Bertz CT molecular complexity index is 922. The summed E-state index contributed by atoms with van der Waals surface area (Å²) in [6, 6.07) is 22.3. The van der Waals surface area contributed by atoms with Gasteiger partial charge in [0.2, 0.25) is 5.91 Å². The van der Waals surface area contributed by atoms with Crippen LogP contribution in [-0.4, -0.2) is 16.1 Å². The number of nitrogens with one attached hydrogen (secondary N) is 1. The molecule has 1 heterocycles. The van der Waals surface area contributed by atoms with Gasteiger partial charge in [-0.1, -0.05) is 61.4 Å². The molecule has 0 saturated heterocycles. The fourth-order valence-electron chi connectivity index (χ4n) is 3.74. The zero-order valence-electron chi connectivity index (χ0n) is 15.8. The zero-order valence-corrected chi connectivity index (χ0v) is 16.6. The highest BCUT2D eigenvalue weighted by Crippen LogP contribution is 2.41. The molecule has 0 bridgehead atoms. The van der Waals surface area contributed by atoms with Crippen molar-refractivity contribution in [1.29, 1.82) is 0 Å². The molecule has 1 saturated carbocycles. The van der Waals surface area contributed by atoms with Crippen LogP contribution in [0.2, 0.25) is 0 Å². The van der Waals surface area contributed by atoms with E-state index in [-0.39, 0.29) is 5.91 Å². The van der Waals surface area contributed by atoms with Crippen LogP contribution < -0.4 is 5.32 Å². The van der Waals surface area contributed by atoms with E-state index in [4.69, 9.17) is 0 Å². The molecule has 1 fully saturated rings. The molecule has 3 nitrogen and oxygen atoms in total. The van der Waals surface area contributed by atoms with E-state index in [1.165, 1.54) is 41.7 Å². The van der Waals surface area contributed by atoms with E-state index < -0.39 is 0 Å². The Kier molecular flexibility index (Phi) is 6.07. The fourth-order valence-corrected chi connectivity index (χ4v) is 5.19. The lowest BCUT2D eigenvalue weighted by molar-refractivity contribution is -0.115. The summed E-state index contributed by atoms with van der Waals surface area (Å²) in [6.45, 7) is 0. The molecular formula is C24H24N2OS. The maximum Gasteiger partial charge on any atom is 0.229 e. The van der Waals surface area contributed by atoms with Crippen LogP contribution >= 0.6 is 11.8 Å². The second-order valence-corrected chi connectivity index (χ2v) is 8.46. The normalized spacial score (nSPS) is 14.1. The largest absolute Gasteiger partial charge is 0.310 e. The first-order chi connectivity index (χ1) is 13.8. The Morgan fingerprint density at radius 2 is 1.75 bits per heavy atom. The first-order valence-electron chi connectivity index (χ1n) is 9.84. The van der Waals surface area contributed by atoms with Gasteiger partial charge in [-0.25, -0.2) is 4.98 Å². The van der Waals surface area contributed by atoms with E-state index >= 15 is 0 Å². The second kappa shape index (κ2) is 9.07. The molecule has 0 spiro atoms. The standard InChI is InChI=1S/C24H24N2OS/c27-23(26-22-15-6-7-16-25-22)17-19-11-8-14-21(28-20-12-4-5-13-20)24(19)18-9-2-1-3-10-18/h1-3,6-11,14-16,20H,4-5,12-13,17H2,(H,25,26,27). The van der Waals surface area contributed by atoms with Gasteiger partial charge in [-0.15, -0.1) is 11.8 Å². The van der Waals surface area contributed by atoms with Crippen molar-refractivity contribution < 1.29 is 4.79 Å². The second-order valence-electron chi connectivity index (χ2n) is 7.12. The quantitative estimate of drug-likeness (QED) is 0.566. The number of benzene rings is 2. The van der Waals surface area contributed by atoms with E-state index in [1.807, 2.05) is 36.0 Å². The van der Waals surface area contributed by atoms with Gasteiger partial charge in [-0.3, -0.25) is 4.79 Å². The lowest BCUT2D eigenvalue weighted by Gasteiger charge is -2.17. The van der Waals surface area contributed by atoms with Crippen LogP contribution in [0, 0.1) is 0 Å². The highest BCUT2D eigenvalue weighted by Gasteiger charge is 2.20. The van der Waals surface area contributed by atoms with Crippen molar-refractivity contribution in [2.24, 2.45) is 0 Å². The number of carbonyl (C=O) groups is 1. The highest BCUT2D eigenvalue weighted by atomic mass is 32.2. The lowest BCUT2D eigenvalue weighted by Crippen LogP contribution is -2.16. The van der Waals surface area contributed by atoms with Crippen LogP contribution in [0.3, 0.4) is 0 Å². The molecule has 3 aromatic rings. The van der Waals surface area contributed by atoms with Crippen LogP contribution in [0.25, 0.3) is 11.1 Å². The van der Waals surface area contributed by atoms with Crippen LogP contribution in [0.5, 0.6) is 0 Å². The summed E-state index contributed by atoms with van der Waals surface area (Å²) in [5.41, 5.74) is 3.42. The van der Waals surface area contributed by atoms with Gasteiger partial charge in [0.1, 0.15) is 5.82 Å². The number of hydrogen-bond acceptors (Lipinski definition) is 3. The summed E-state index contributed by atoms with van der Waals surface area (Å²) >= 11 is 1.97.